The molecule has 1 N–H and O–H groups in total. The number of rotatable bonds is 1. The predicted octanol–water partition coefficient (Wildman–Crippen LogP) is 1.53. The van der Waals surface area contributed by atoms with Crippen molar-refractivity contribution < 1.29 is 13.9 Å². The van der Waals surface area contributed by atoms with Crippen LogP contribution in [0, 0.1) is 6.07 Å². The van der Waals surface area contributed by atoms with Gasteiger partial charge in [0.05, 0.1) is 5.56 Å². The van der Waals surface area contributed by atoms with Crippen molar-refractivity contribution in [3.63, 3.8) is 0 Å². The van der Waals surface area contributed by atoms with Gasteiger partial charge < -0.3 is 5.11 Å². The molecule has 1 aromatic rings. The first kappa shape index (κ1) is 7.15. The molecule has 53 valence electrons. The minimum Gasteiger partial charge on any atom is -0.332 e. The Morgan fingerprint density at radius 1 is 1.30 bits per heavy atom. The van der Waals surface area contributed by atoms with Crippen molar-refractivity contribution in [3.05, 3.63) is 35.9 Å². The maximum absolute atomic E-state index is 12.0. The fourth-order valence-corrected chi connectivity index (χ4v) is 0.587. The van der Waals surface area contributed by atoms with Gasteiger partial charge in [0.15, 0.2) is 0 Å². The molecule has 0 aliphatic carbocycles. The van der Waals surface area contributed by atoms with Crippen LogP contribution >= 0.6 is 0 Å². The van der Waals surface area contributed by atoms with E-state index < -0.39 is 11.7 Å². The Morgan fingerprint density at radius 3 is 2.10 bits per heavy atom. The fraction of sp³-hybridized carbons (Fsp3) is 0.143. The van der Waals surface area contributed by atoms with Crippen molar-refractivity contribution in [1.29, 1.82) is 0 Å². The Bertz CT molecular complexity index is 203. The summed E-state index contributed by atoms with van der Waals surface area (Å²) in [6.45, 7) is 0. The van der Waals surface area contributed by atoms with E-state index in [0.29, 0.717) is 0 Å². The highest BCUT2D eigenvalue weighted by Gasteiger charge is 2.26. The molecule has 0 atom stereocenters. The van der Waals surface area contributed by atoms with Gasteiger partial charge in [0.2, 0.25) is 0 Å². The molecule has 10 heavy (non-hydrogen) atoms. The van der Waals surface area contributed by atoms with Gasteiger partial charge in [-0.05, 0) is 18.2 Å². The van der Waals surface area contributed by atoms with Gasteiger partial charge in [0.25, 0.3) is 0 Å². The first-order valence-corrected chi connectivity index (χ1v) is 2.67. The Hall–Kier alpha value is -0.960. The lowest BCUT2D eigenvalue weighted by atomic mass is 10.2. The van der Waals surface area contributed by atoms with Gasteiger partial charge in [0.1, 0.15) is 0 Å². The van der Waals surface area contributed by atoms with E-state index in [4.69, 9.17) is 5.11 Å². The van der Waals surface area contributed by atoms with E-state index in [1.54, 1.807) is 0 Å². The lowest BCUT2D eigenvalue weighted by Gasteiger charge is -2.06. The third-order valence-electron chi connectivity index (χ3n) is 1.07. The van der Waals surface area contributed by atoms with Gasteiger partial charge in [0, 0.05) is 0 Å². The van der Waals surface area contributed by atoms with Crippen LogP contribution in [0.5, 0.6) is 0 Å². The van der Waals surface area contributed by atoms with E-state index in [2.05, 4.69) is 6.07 Å². The van der Waals surface area contributed by atoms with Crippen molar-refractivity contribution in [1.82, 2.24) is 0 Å². The van der Waals surface area contributed by atoms with Gasteiger partial charge in [-0.1, -0.05) is 12.1 Å². The molecule has 0 saturated heterocycles. The van der Waals surface area contributed by atoms with Crippen LogP contribution in [0.1, 0.15) is 5.56 Å². The van der Waals surface area contributed by atoms with E-state index >= 15 is 0 Å². The zero-order valence-electron chi connectivity index (χ0n) is 5.01. The number of benzene rings is 1. The lowest BCUT2D eigenvalue weighted by molar-refractivity contribution is -0.208. The first-order valence-electron chi connectivity index (χ1n) is 2.67. The smallest absolute Gasteiger partial charge is 0.332 e. The Balaban J connectivity index is 2.97. The minimum absolute atomic E-state index is 0.411. The van der Waals surface area contributed by atoms with Gasteiger partial charge in [-0.3, -0.25) is 0 Å². The molecule has 0 unspecified atom stereocenters. The normalized spacial score (nSPS) is 11.5. The second-order valence-corrected chi connectivity index (χ2v) is 1.83. The molecule has 0 saturated carbocycles. The fourth-order valence-electron chi connectivity index (χ4n) is 0.587. The molecular weight excluding hydrogens is 138 g/mol. The van der Waals surface area contributed by atoms with Crippen molar-refractivity contribution in [2.75, 3.05) is 0 Å². The summed E-state index contributed by atoms with van der Waals surface area (Å²) >= 11 is 0. The van der Waals surface area contributed by atoms with Crippen molar-refractivity contribution in [2.45, 2.75) is 6.11 Å². The Labute approximate surface area is 56.9 Å². The van der Waals surface area contributed by atoms with Crippen LogP contribution in [0.3, 0.4) is 0 Å². The highest BCUT2D eigenvalue weighted by atomic mass is 19.3. The molecule has 0 spiro atoms. The van der Waals surface area contributed by atoms with Crippen LogP contribution in [-0.4, -0.2) is 5.11 Å². The third kappa shape index (κ3) is 1.51. The second kappa shape index (κ2) is 2.34. The molecule has 1 rings (SSSR count). The summed E-state index contributed by atoms with van der Waals surface area (Å²) in [5.41, 5.74) is -0.411. The molecule has 0 aromatic heterocycles. The Kier molecular flexibility index (Phi) is 1.68. The van der Waals surface area contributed by atoms with Crippen LogP contribution in [0.2, 0.25) is 0 Å². The van der Waals surface area contributed by atoms with Gasteiger partial charge >= 0.3 is 6.11 Å². The summed E-state index contributed by atoms with van der Waals surface area (Å²) < 4.78 is 24.0. The molecule has 1 aromatic carbocycles. The number of hydrogen-bond acceptors (Lipinski definition) is 1. The largest absolute Gasteiger partial charge is 0.380 e. The lowest BCUT2D eigenvalue weighted by Crippen LogP contribution is -2.10. The zero-order valence-corrected chi connectivity index (χ0v) is 5.01. The summed E-state index contributed by atoms with van der Waals surface area (Å²) in [6.07, 6.45) is -3.73. The topological polar surface area (TPSA) is 20.2 Å². The average molecular weight is 143 g/mol. The molecule has 0 fully saturated rings. The summed E-state index contributed by atoms with van der Waals surface area (Å²) in [5.74, 6) is 0. The molecule has 0 bridgehead atoms. The highest BCUT2D eigenvalue weighted by Crippen LogP contribution is 2.22. The molecule has 3 heteroatoms. The molecule has 0 heterocycles. The Morgan fingerprint density at radius 2 is 1.80 bits per heavy atom. The van der Waals surface area contributed by atoms with Crippen LogP contribution < -0.4 is 0 Å². The maximum atomic E-state index is 12.0. The summed E-state index contributed by atoms with van der Waals surface area (Å²) in [6, 6.07) is 7.42. The number of hydrogen-bond donors (Lipinski definition) is 1. The summed E-state index contributed by atoms with van der Waals surface area (Å²) in [5, 5.41) is 8.14. The highest BCUT2D eigenvalue weighted by molar-refractivity contribution is 5.16. The maximum Gasteiger partial charge on any atom is 0.380 e. The van der Waals surface area contributed by atoms with Gasteiger partial charge in [-0.25, -0.2) is 0 Å². The van der Waals surface area contributed by atoms with E-state index in [0.717, 1.165) is 12.1 Å². The second-order valence-electron chi connectivity index (χ2n) is 1.83. The van der Waals surface area contributed by atoms with Crippen LogP contribution in [0.15, 0.2) is 24.3 Å². The summed E-state index contributed by atoms with van der Waals surface area (Å²) in [4.78, 5) is 0. The van der Waals surface area contributed by atoms with E-state index in [1.165, 1.54) is 12.1 Å². The van der Waals surface area contributed by atoms with E-state index in [1.807, 2.05) is 0 Å². The molecule has 1 nitrogen and oxygen atoms in total. The van der Waals surface area contributed by atoms with Crippen LogP contribution in [-0.2, 0) is 6.11 Å². The standard InChI is InChI=1S/C7H5F2O/c8-7(9,10)6-4-2-1-3-5-6/h2-5,10H. The number of halogens is 2. The van der Waals surface area contributed by atoms with Gasteiger partial charge in [-0.2, -0.15) is 8.78 Å². The summed E-state index contributed by atoms with van der Waals surface area (Å²) in [7, 11) is 0. The van der Waals surface area contributed by atoms with E-state index in [9.17, 15) is 8.78 Å². The average Bonchev–Trinajstić information content (AvgIpc) is 1.88. The molecule has 0 aliphatic rings. The van der Waals surface area contributed by atoms with Crippen molar-refractivity contribution in [2.24, 2.45) is 0 Å². The van der Waals surface area contributed by atoms with E-state index in [-0.39, 0.29) is 0 Å². The van der Waals surface area contributed by atoms with Crippen LogP contribution in [0.25, 0.3) is 0 Å². The molecule has 1 radical (unpaired) electrons. The van der Waals surface area contributed by atoms with Crippen LogP contribution in [0.4, 0.5) is 8.78 Å². The number of aliphatic hydroxyl groups is 1. The third-order valence-corrected chi connectivity index (χ3v) is 1.07. The first-order chi connectivity index (χ1) is 4.61. The van der Waals surface area contributed by atoms with Gasteiger partial charge in [-0.15, -0.1) is 0 Å². The molecule has 0 amide bonds. The molecular formula is C7H5F2O. The minimum atomic E-state index is -3.73. The SMILES string of the molecule is OC(F)(F)c1cc[c]cc1. The van der Waals surface area contributed by atoms with Crippen molar-refractivity contribution in [3.8, 4) is 0 Å². The number of alkyl halides is 2. The monoisotopic (exact) mass is 143 g/mol. The zero-order chi connectivity index (χ0) is 7.61. The quantitative estimate of drug-likeness (QED) is 0.632. The predicted molar refractivity (Wildman–Crippen MR) is 31.4 cm³/mol. The van der Waals surface area contributed by atoms with Crippen molar-refractivity contribution >= 4 is 0 Å². The molecule has 0 aliphatic heterocycles.